The van der Waals surface area contributed by atoms with Gasteiger partial charge in [-0.3, -0.25) is 4.79 Å². The minimum absolute atomic E-state index is 0.0320. The predicted molar refractivity (Wildman–Crippen MR) is 115 cm³/mol. The number of carbonyl (C=O) groups is 1. The third-order valence-corrected chi connectivity index (χ3v) is 5.35. The minimum Gasteiger partial charge on any atom is -0.508 e. The molecule has 1 N–H and O–H groups in total. The SMILES string of the molecule is CCCCCCC(C)(C)c1cc(O)cc(OCCCCCCCC(=O)OC)c1. The highest BCUT2D eigenvalue weighted by Gasteiger charge is 2.21. The number of phenols is 1. The van der Waals surface area contributed by atoms with Crippen LogP contribution in [0, 0.1) is 0 Å². The van der Waals surface area contributed by atoms with Crippen molar-refractivity contribution in [2.24, 2.45) is 0 Å². The second-order valence-electron chi connectivity index (χ2n) is 8.35. The van der Waals surface area contributed by atoms with Crippen LogP contribution >= 0.6 is 0 Å². The van der Waals surface area contributed by atoms with Crippen LogP contribution < -0.4 is 4.74 Å². The van der Waals surface area contributed by atoms with Crippen LogP contribution in [0.1, 0.15) is 97.0 Å². The number of methoxy groups -OCH3 is 1. The lowest BCUT2D eigenvalue weighted by Gasteiger charge is -2.26. The zero-order chi connectivity index (χ0) is 20.8. The molecule has 1 aromatic carbocycles. The molecule has 0 spiro atoms. The topological polar surface area (TPSA) is 55.8 Å². The Bertz CT molecular complexity index is 566. The Hall–Kier alpha value is -1.71. The molecule has 0 aliphatic carbocycles. The maximum absolute atomic E-state index is 11.1. The lowest BCUT2D eigenvalue weighted by atomic mass is 9.80. The van der Waals surface area contributed by atoms with Crippen LogP contribution in [-0.2, 0) is 14.9 Å². The van der Waals surface area contributed by atoms with Crippen LogP contribution in [0.3, 0.4) is 0 Å². The zero-order valence-corrected chi connectivity index (χ0v) is 18.4. The van der Waals surface area contributed by atoms with Crippen LogP contribution in [-0.4, -0.2) is 24.8 Å². The van der Waals surface area contributed by atoms with Crippen LogP contribution in [0.25, 0.3) is 0 Å². The highest BCUT2D eigenvalue weighted by Crippen LogP contribution is 2.34. The van der Waals surface area contributed by atoms with Crippen molar-refractivity contribution in [1.29, 1.82) is 0 Å². The summed E-state index contributed by atoms with van der Waals surface area (Å²) >= 11 is 0. The Morgan fingerprint density at radius 3 is 2.36 bits per heavy atom. The number of rotatable bonds is 15. The van der Waals surface area contributed by atoms with E-state index in [-0.39, 0.29) is 17.1 Å². The maximum atomic E-state index is 11.1. The molecule has 0 saturated heterocycles. The molecule has 160 valence electrons. The Morgan fingerprint density at radius 1 is 0.964 bits per heavy atom. The molecule has 0 saturated carbocycles. The van der Waals surface area contributed by atoms with Gasteiger partial charge in [-0.25, -0.2) is 0 Å². The molecular weight excluding hydrogens is 352 g/mol. The maximum Gasteiger partial charge on any atom is 0.305 e. The first kappa shape index (κ1) is 24.3. The molecule has 0 aromatic heterocycles. The summed E-state index contributed by atoms with van der Waals surface area (Å²) in [5.74, 6) is 0.899. The Balaban J connectivity index is 2.37. The van der Waals surface area contributed by atoms with Gasteiger partial charge >= 0.3 is 5.97 Å². The summed E-state index contributed by atoms with van der Waals surface area (Å²) in [7, 11) is 1.43. The van der Waals surface area contributed by atoms with Gasteiger partial charge in [-0.2, -0.15) is 0 Å². The zero-order valence-electron chi connectivity index (χ0n) is 18.4. The number of benzene rings is 1. The first-order valence-electron chi connectivity index (χ1n) is 10.9. The van der Waals surface area contributed by atoms with E-state index in [1.165, 1.54) is 32.8 Å². The Morgan fingerprint density at radius 2 is 1.64 bits per heavy atom. The molecule has 0 bridgehead atoms. The molecule has 0 heterocycles. The van der Waals surface area contributed by atoms with Crippen molar-refractivity contribution in [2.75, 3.05) is 13.7 Å². The fraction of sp³-hybridized carbons (Fsp3) is 0.708. The van der Waals surface area contributed by atoms with Crippen molar-refractivity contribution in [3.63, 3.8) is 0 Å². The van der Waals surface area contributed by atoms with Crippen LogP contribution in [0.4, 0.5) is 0 Å². The molecule has 0 aliphatic heterocycles. The van der Waals surface area contributed by atoms with E-state index in [1.54, 1.807) is 6.07 Å². The molecule has 0 amide bonds. The Kier molecular flexibility index (Phi) is 11.7. The van der Waals surface area contributed by atoms with E-state index in [4.69, 9.17) is 4.74 Å². The fourth-order valence-corrected chi connectivity index (χ4v) is 3.39. The molecule has 0 atom stereocenters. The number of ether oxygens (including phenoxy) is 2. The quantitative estimate of drug-likeness (QED) is 0.272. The molecule has 28 heavy (non-hydrogen) atoms. The van der Waals surface area contributed by atoms with E-state index in [9.17, 15) is 9.90 Å². The van der Waals surface area contributed by atoms with Gasteiger partial charge in [0.05, 0.1) is 13.7 Å². The smallest absolute Gasteiger partial charge is 0.305 e. The van der Waals surface area contributed by atoms with E-state index in [0.29, 0.717) is 13.0 Å². The molecule has 0 fully saturated rings. The van der Waals surface area contributed by atoms with E-state index in [1.807, 2.05) is 6.07 Å². The number of phenolic OH excluding ortho intramolecular Hbond substituents is 1. The van der Waals surface area contributed by atoms with E-state index >= 15 is 0 Å². The van der Waals surface area contributed by atoms with Gasteiger partial charge < -0.3 is 14.6 Å². The fourth-order valence-electron chi connectivity index (χ4n) is 3.39. The van der Waals surface area contributed by atoms with Crippen LogP contribution in [0.2, 0.25) is 0 Å². The predicted octanol–water partition coefficient (Wildman–Crippen LogP) is 6.53. The summed E-state index contributed by atoms with van der Waals surface area (Å²) < 4.78 is 10.5. The number of hydrogen-bond acceptors (Lipinski definition) is 4. The van der Waals surface area contributed by atoms with Gasteiger partial charge in [0.1, 0.15) is 11.5 Å². The number of aromatic hydroxyl groups is 1. The summed E-state index contributed by atoms with van der Waals surface area (Å²) in [6.45, 7) is 7.36. The molecule has 4 nitrogen and oxygen atoms in total. The summed E-state index contributed by atoms with van der Waals surface area (Å²) in [5.41, 5.74) is 1.17. The van der Waals surface area contributed by atoms with E-state index in [0.717, 1.165) is 49.8 Å². The molecule has 0 unspecified atom stereocenters. The molecule has 4 heteroatoms. The number of unbranched alkanes of at least 4 members (excludes halogenated alkanes) is 7. The van der Waals surface area contributed by atoms with Gasteiger partial charge in [0.15, 0.2) is 0 Å². The van der Waals surface area contributed by atoms with Crippen molar-refractivity contribution in [1.82, 2.24) is 0 Å². The van der Waals surface area contributed by atoms with Gasteiger partial charge in [-0.15, -0.1) is 0 Å². The molecular formula is C24H40O4. The molecule has 0 radical (unpaired) electrons. The first-order valence-corrected chi connectivity index (χ1v) is 10.9. The van der Waals surface area contributed by atoms with Gasteiger partial charge in [-0.05, 0) is 42.4 Å². The number of esters is 1. The Labute approximate surface area is 171 Å². The summed E-state index contributed by atoms with van der Waals surface area (Å²) in [5, 5.41) is 10.1. The van der Waals surface area contributed by atoms with Crippen molar-refractivity contribution >= 4 is 5.97 Å². The van der Waals surface area contributed by atoms with Crippen molar-refractivity contribution < 1.29 is 19.4 Å². The summed E-state index contributed by atoms with van der Waals surface area (Å²) in [6.07, 6.45) is 11.7. The molecule has 1 rings (SSSR count). The minimum atomic E-state index is -0.128. The van der Waals surface area contributed by atoms with Crippen LogP contribution in [0.5, 0.6) is 11.5 Å². The third kappa shape index (κ3) is 10.0. The lowest BCUT2D eigenvalue weighted by molar-refractivity contribution is -0.140. The third-order valence-electron chi connectivity index (χ3n) is 5.35. The average molecular weight is 393 g/mol. The van der Waals surface area contributed by atoms with Crippen molar-refractivity contribution in [3.05, 3.63) is 23.8 Å². The standard InChI is InChI=1S/C24H40O4/c1-5-6-7-12-15-24(2,3)20-17-21(25)19-22(18-20)28-16-13-10-8-9-11-14-23(26)27-4/h17-19,25H,5-16H2,1-4H3. The van der Waals surface area contributed by atoms with E-state index < -0.39 is 0 Å². The van der Waals surface area contributed by atoms with Crippen molar-refractivity contribution in [3.8, 4) is 11.5 Å². The number of hydrogen-bond donors (Lipinski definition) is 1. The van der Waals surface area contributed by atoms with Gasteiger partial charge in [-0.1, -0.05) is 65.7 Å². The molecule has 0 aliphatic rings. The highest BCUT2D eigenvalue weighted by molar-refractivity contribution is 5.68. The largest absolute Gasteiger partial charge is 0.508 e. The summed E-state index contributed by atoms with van der Waals surface area (Å²) in [4.78, 5) is 11.1. The molecule has 1 aromatic rings. The highest BCUT2D eigenvalue weighted by atomic mass is 16.5. The van der Waals surface area contributed by atoms with Gasteiger partial charge in [0, 0.05) is 12.5 Å². The second kappa shape index (κ2) is 13.5. The lowest BCUT2D eigenvalue weighted by Crippen LogP contribution is -2.17. The van der Waals surface area contributed by atoms with Gasteiger partial charge in [0.2, 0.25) is 0 Å². The number of carbonyl (C=O) groups excluding carboxylic acids is 1. The van der Waals surface area contributed by atoms with E-state index in [2.05, 4.69) is 31.6 Å². The van der Waals surface area contributed by atoms with Gasteiger partial charge in [0.25, 0.3) is 0 Å². The summed E-state index contributed by atoms with van der Waals surface area (Å²) in [6, 6.07) is 5.65. The van der Waals surface area contributed by atoms with Crippen molar-refractivity contribution in [2.45, 2.75) is 96.8 Å². The average Bonchev–Trinajstić information content (AvgIpc) is 2.66. The first-order chi connectivity index (χ1) is 13.4. The van der Waals surface area contributed by atoms with Crippen LogP contribution in [0.15, 0.2) is 18.2 Å². The second-order valence-corrected chi connectivity index (χ2v) is 8.35. The monoisotopic (exact) mass is 392 g/mol. The normalized spacial score (nSPS) is 11.4.